The Labute approximate surface area is 195 Å². The van der Waals surface area contributed by atoms with Crippen molar-refractivity contribution in [2.75, 3.05) is 7.05 Å². The van der Waals surface area contributed by atoms with Crippen LogP contribution in [-0.4, -0.2) is 32.6 Å². The lowest BCUT2D eigenvalue weighted by atomic mass is 10.1. The van der Waals surface area contributed by atoms with E-state index in [0.717, 1.165) is 48.3 Å². The average Bonchev–Trinajstić information content (AvgIpc) is 3.44. The third-order valence-electron chi connectivity index (χ3n) is 4.86. The number of rotatable bonds is 9. The van der Waals surface area contributed by atoms with E-state index >= 15 is 0 Å². The van der Waals surface area contributed by atoms with Crippen LogP contribution in [0.2, 0.25) is 0 Å². The first-order valence-corrected chi connectivity index (χ1v) is 11.5. The van der Waals surface area contributed by atoms with Gasteiger partial charge in [-0.2, -0.15) is 0 Å². The lowest BCUT2D eigenvalue weighted by Gasteiger charge is -2.13. The Morgan fingerprint density at radius 1 is 1.13 bits per heavy atom. The van der Waals surface area contributed by atoms with E-state index in [0.29, 0.717) is 23.9 Å². The van der Waals surface area contributed by atoms with Crippen LogP contribution < -0.4 is 15.4 Å². The molecule has 1 aliphatic carbocycles. The van der Waals surface area contributed by atoms with Crippen LogP contribution in [0.4, 0.5) is 0 Å². The van der Waals surface area contributed by atoms with Crippen LogP contribution in [0, 0.1) is 0 Å². The number of sulfonamides is 1. The Bertz CT molecular complexity index is 932. The second-order valence-corrected chi connectivity index (χ2v) is 8.77. The zero-order valence-electron chi connectivity index (χ0n) is 17.6. The molecule has 3 N–H and O–H groups in total. The van der Waals surface area contributed by atoms with Gasteiger partial charge in [0.2, 0.25) is 10.0 Å². The van der Waals surface area contributed by atoms with E-state index in [1.54, 1.807) is 19.2 Å². The van der Waals surface area contributed by atoms with Crippen molar-refractivity contribution in [3.05, 3.63) is 46.8 Å². The van der Waals surface area contributed by atoms with Crippen LogP contribution in [0.1, 0.15) is 49.3 Å². The molecule has 166 valence electrons. The van der Waals surface area contributed by atoms with Crippen LogP contribution in [-0.2, 0) is 36.0 Å². The highest BCUT2D eigenvalue weighted by atomic mass is 127. The molecule has 30 heavy (non-hydrogen) atoms. The molecule has 0 bridgehead atoms. The topological polar surface area (TPSA) is 109 Å². The van der Waals surface area contributed by atoms with Crippen molar-refractivity contribution in [2.45, 2.75) is 63.6 Å². The van der Waals surface area contributed by atoms with E-state index in [-0.39, 0.29) is 30.0 Å². The summed E-state index contributed by atoms with van der Waals surface area (Å²) in [6.07, 6.45) is 3.45. The Balaban J connectivity index is 0.00000320. The Kier molecular flexibility index (Phi) is 9.10. The van der Waals surface area contributed by atoms with Gasteiger partial charge in [-0.15, -0.1) is 24.0 Å². The second-order valence-electron chi connectivity index (χ2n) is 7.06. The smallest absolute Gasteiger partial charge is 0.240 e. The third-order valence-corrected chi connectivity index (χ3v) is 6.39. The molecule has 2 aromatic rings. The summed E-state index contributed by atoms with van der Waals surface area (Å²) in [5.41, 5.74) is 3.00. The summed E-state index contributed by atoms with van der Waals surface area (Å²) in [5, 5.41) is 10.7. The number of nitrogens with zero attached hydrogens (tertiary/aromatic N) is 2. The molecule has 0 radical (unpaired) electrons. The molecule has 1 aliphatic rings. The number of halogens is 1. The van der Waals surface area contributed by atoms with Crippen molar-refractivity contribution in [2.24, 2.45) is 4.99 Å². The minimum Gasteiger partial charge on any atom is -0.361 e. The Morgan fingerprint density at radius 2 is 1.80 bits per heavy atom. The Hall–Kier alpha value is -1.66. The summed E-state index contributed by atoms with van der Waals surface area (Å²) in [4.78, 5) is 4.54. The average molecular weight is 547 g/mol. The third kappa shape index (κ3) is 6.42. The molecule has 3 rings (SSSR count). The van der Waals surface area contributed by atoms with Crippen molar-refractivity contribution in [1.29, 1.82) is 0 Å². The lowest BCUT2D eigenvalue weighted by Crippen LogP contribution is -2.36. The van der Waals surface area contributed by atoms with E-state index in [1.165, 1.54) is 0 Å². The summed E-state index contributed by atoms with van der Waals surface area (Å²) in [5.74, 6) is 1.55. The maximum Gasteiger partial charge on any atom is 0.240 e. The number of hydrogen-bond acceptors (Lipinski definition) is 5. The molecule has 1 saturated carbocycles. The molecule has 0 saturated heterocycles. The standard InChI is InChI=1S/C20H29N5O3S.HI/c1-4-18-17(19(5-2)28-24-18)13-23-20(21-3)22-12-14-6-10-16(11-7-14)29(26,27)25-15-8-9-15;/h6-7,10-11,15,25H,4-5,8-9,12-13H2,1-3H3,(H2,21,22,23);1H. The minimum atomic E-state index is -3.42. The summed E-state index contributed by atoms with van der Waals surface area (Å²) >= 11 is 0. The number of hydrogen-bond donors (Lipinski definition) is 3. The summed E-state index contributed by atoms with van der Waals surface area (Å²) < 4.78 is 32.6. The van der Waals surface area contributed by atoms with Crippen molar-refractivity contribution in [3.63, 3.8) is 0 Å². The van der Waals surface area contributed by atoms with Gasteiger partial charge in [0.15, 0.2) is 5.96 Å². The van der Waals surface area contributed by atoms with Gasteiger partial charge in [-0.1, -0.05) is 31.1 Å². The monoisotopic (exact) mass is 547 g/mol. The fraction of sp³-hybridized carbons (Fsp3) is 0.500. The number of nitrogens with one attached hydrogen (secondary N) is 3. The van der Waals surface area contributed by atoms with Crippen LogP contribution >= 0.6 is 24.0 Å². The van der Waals surface area contributed by atoms with Gasteiger partial charge in [0.1, 0.15) is 5.76 Å². The number of aromatic nitrogens is 1. The summed E-state index contributed by atoms with van der Waals surface area (Å²) in [6, 6.07) is 6.99. The number of aliphatic imine (C=N–C) groups is 1. The second kappa shape index (κ2) is 11.1. The molecule has 1 aromatic carbocycles. The Morgan fingerprint density at radius 3 is 2.37 bits per heavy atom. The van der Waals surface area contributed by atoms with Gasteiger partial charge in [-0.05, 0) is 37.0 Å². The normalized spacial score (nSPS) is 14.3. The van der Waals surface area contributed by atoms with Gasteiger partial charge in [0.05, 0.1) is 10.6 Å². The molecule has 0 aliphatic heterocycles. The van der Waals surface area contributed by atoms with Gasteiger partial charge >= 0.3 is 0 Å². The molecule has 1 heterocycles. The molecular weight excluding hydrogens is 517 g/mol. The first kappa shape index (κ1) is 24.6. The lowest BCUT2D eigenvalue weighted by molar-refractivity contribution is 0.380. The van der Waals surface area contributed by atoms with Gasteiger partial charge in [0.25, 0.3) is 0 Å². The van der Waals surface area contributed by atoms with Crippen LogP contribution in [0.15, 0.2) is 38.7 Å². The van der Waals surface area contributed by atoms with Gasteiger partial charge in [0, 0.05) is 38.2 Å². The molecule has 10 heteroatoms. The molecule has 1 aromatic heterocycles. The molecule has 1 fully saturated rings. The first-order chi connectivity index (χ1) is 14.0. The van der Waals surface area contributed by atoms with E-state index in [1.807, 2.05) is 19.1 Å². The van der Waals surface area contributed by atoms with Crippen molar-refractivity contribution in [1.82, 2.24) is 20.5 Å². The maximum atomic E-state index is 12.2. The minimum absolute atomic E-state index is 0. The predicted octanol–water partition coefficient (Wildman–Crippen LogP) is 2.72. The summed E-state index contributed by atoms with van der Waals surface area (Å²) in [7, 11) is -1.71. The van der Waals surface area contributed by atoms with E-state index in [4.69, 9.17) is 4.52 Å². The van der Waals surface area contributed by atoms with E-state index in [2.05, 4.69) is 32.4 Å². The number of benzene rings is 1. The molecule has 0 spiro atoms. The van der Waals surface area contributed by atoms with Crippen LogP contribution in [0.5, 0.6) is 0 Å². The van der Waals surface area contributed by atoms with Gasteiger partial charge < -0.3 is 15.2 Å². The zero-order valence-corrected chi connectivity index (χ0v) is 20.7. The first-order valence-electron chi connectivity index (χ1n) is 9.98. The quantitative estimate of drug-likeness (QED) is 0.253. The van der Waals surface area contributed by atoms with Crippen molar-refractivity contribution >= 4 is 40.0 Å². The highest BCUT2D eigenvalue weighted by Gasteiger charge is 2.27. The molecule has 0 atom stereocenters. The summed E-state index contributed by atoms with van der Waals surface area (Å²) in [6.45, 7) is 5.21. The van der Waals surface area contributed by atoms with Gasteiger partial charge in [-0.3, -0.25) is 4.99 Å². The molecule has 8 nitrogen and oxygen atoms in total. The van der Waals surface area contributed by atoms with E-state index in [9.17, 15) is 8.42 Å². The molecule has 0 amide bonds. The van der Waals surface area contributed by atoms with E-state index < -0.39 is 10.0 Å². The van der Waals surface area contributed by atoms with Crippen molar-refractivity contribution in [3.8, 4) is 0 Å². The highest BCUT2D eigenvalue weighted by Crippen LogP contribution is 2.22. The maximum absolute atomic E-state index is 12.2. The predicted molar refractivity (Wildman–Crippen MR) is 127 cm³/mol. The highest BCUT2D eigenvalue weighted by molar-refractivity contribution is 14.0. The molecule has 0 unspecified atom stereocenters. The molecular formula is C20H30IN5O3S. The van der Waals surface area contributed by atoms with Crippen molar-refractivity contribution < 1.29 is 12.9 Å². The SMILES string of the molecule is CCc1noc(CC)c1CNC(=NC)NCc1ccc(S(=O)(=O)NC2CC2)cc1.I. The largest absolute Gasteiger partial charge is 0.361 e. The van der Waals surface area contributed by atoms with Crippen LogP contribution in [0.25, 0.3) is 0 Å². The van der Waals surface area contributed by atoms with Gasteiger partial charge in [-0.25, -0.2) is 13.1 Å². The zero-order chi connectivity index (χ0) is 20.9. The fourth-order valence-corrected chi connectivity index (χ4v) is 4.30. The number of guanidine groups is 1. The van der Waals surface area contributed by atoms with Crippen LogP contribution in [0.3, 0.4) is 0 Å². The fourth-order valence-electron chi connectivity index (χ4n) is 2.99. The number of aryl methyl sites for hydroxylation is 2.